The molecule has 2 heterocycles. The standard InChI is InChI=1S/C31H30N2O4/c1-5-37-26-14-13-20(16-23(26)18(2)3)29(34)27-28(24-17-32-25-12-7-6-11-22(24)25)33(31(36)30(27)35)21-10-8-9-19(4)15-21/h6-18,28,32,34H,5H2,1-4H3/b29-27+. The van der Waals surface area contributed by atoms with Crippen molar-refractivity contribution >= 4 is 34.0 Å². The van der Waals surface area contributed by atoms with E-state index in [-0.39, 0.29) is 17.3 Å². The van der Waals surface area contributed by atoms with E-state index in [1.165, 1.54) is 4.90 Å². The number of ketones is 1. The molecule has 37 heavy (non-hydrogen) atoms. The Morgan fingerprint density at radius 3 is 2.57 bits per heavy atom. The smallest absolute Gasteiger partial charge is 0.300 e. The lowest BCUT2D eigenvalue weighted by molar-refractivity contribution is -0.132. The molecule has 1 aliphatic heterocycles. The quantitative estimate of drug-likeness (QED) is 0.179. The Morgan fingerprint density at radius 2 is 1.84 bits per heavy atom. The number of aliphatic hydroxyl groups excluding tert-OH is 1. The summed E-state index contributed by atoms with van der Waals surface area (Å²) in [5.41, 5.74) is 4.65. The van der Waals surface area contributed by atoms with Gasteiger partial charge in [0, 0.05) is 33.9 Å². The second kappa shape index (κ2) is 9.62. The minimum Gasteiger partial charge on any atom is -0.507 e. The van der Waals surface area contributed by atoms with Gasteiger partial charge in [-0.2, -0.15) is 0 Å². The van der Waals surface area contributed by atoms with Gasteiger partial charge in [-0.3, -0.25) is 14.5 Å². The van der Waals surface area contributed by atoms with Crippen molar-refractivity contribution in [2.24, 2.45) is 0 Å². The summed E-state index contributed by atoms with van der Waals surface area (Å²) in [5, 5.41) is 12.5. The third-order valence-electron chi connectivity index (χ3n) is 6.85. The van der Waals surface area contributed by atoms with Crippen LogP contribution in [0.1, 0.15) is 55.0 Å². The number of aliphatic hydroxyl groups is 1. The average molecular weight is 495 g/mol. The molecule has 4 aromatic rings. The fourth-order valence-electron chi connectivity index (χ4n) is 5.08. The minimum atomic E-state index is -0.799. The number of nitrogens with one attached hydrogen (secondary N) is 1. The number of para-hydroxylation sites is 1. The van der Waals surface area contributed by atoms with Gasteiger partial charge in [-0.1, -0.05) is 44.2 Å². The molecule has 1 fully saturated rings. The van der Waals surface area contributed by atoms with Gasteiger partial charge in [0.05, 0.1) is 18.2 Å². The number of aromatic nitrogens is 1. The Hall–Kier alpha value is -4.32. The van der Waals surface area contributed by atoms with Crippen LogP contribution < -0.4 is 9.64 Å². The number of anilines is 1. The van der Waals surface area contributed by atoms with Crippen LogP contribution in [0.4, 0.5) is 5.69 Å². The normalized spacial score (nSPS) is 17.2. The fraction of sp³-hybridized carbons (Fsp3) is 0.226. The van der Waals surface area contributed by atoms with Crippen molar-refractivity contribution in [2.75, 3.05) is 11.5 Å². The molecule has 6 nitrogen and oxygen atoms in total. The molecule has 0 radical (unpaired) electrons. The molecule has 1 aliphatic rings. The monoisotopic (exact) mass is 494 g/mol. The second-order valence-electron chi connectivity index (χ2n) is 9.64. The highest BCUT2D eigenvalue weighted by molar-refractivity contribution is 6.51. The summed E-state index contributed by atoms with van der Waals surface area (Å²) >= 11 is 0. The van der Waals surface area contributed by atoms with Crippen LogP contribution in [0.2, 0.25) is 0 Å². The van der Waals surface area contributed by atoms with E-state index in [0.717, 1.165) is 33.3 Å². The van der Waals surface area contributed by atoms with Gasteiger partial charge in [0.15, 0.2) is 0 Å². The van der Waals surface area contributed by atoms with Crippen molar-refractivity contribution < 1.29 is 19.4 Å². The number of rotatable bonds is 6. The van der Waals surface area contributed by atoms with E-state index in [9.17, 15) is 14.7 Å². The van der Waals surface area contributed by atoms with Crippen LogP contribution in [0.15, 0.2) is 78.5 Å². The van der Waals surface area contributed by atoms with E-state index in [1.54, 1.807) is 6.07 Å². The largest absolute Gasteiger partial charge is 0.507 e. The third kappa shape index (κ3) is 4.18. The molecule has 0 aliphatic carbocycles. The van der Waals surface area contributed by atoms with Gasteiger partial charge in [0.1, 0.15) is 11.5 Å². The van der Waals surface area contributed by atoms with Gasteiger partial charge in [0.25, 0.3) is 11.7 Å². The highest BCUT2D eigenvalue weighted by Gasteiger charge is 2.47. The first-order valence-electron chi connectivity index (χ1n) is 12.5. The topological polar surface area (TPSA) is 82.6 Å². The van der Waals surface area contributed by atoms with E-state index in [0.29, 0.717) is 17.9 Å². The Labute approximate surface area is 216 Å². The molecule has 1 unspecified atom stereocenters. The Morgan fingerprint density at radius 1 is 1.05 bits per heavy atom. The molecular formula is C31H30N2O4. The maximum atomic E-state index is 13.6. The van der Waals surface area contributed by atoms with Crippen LogP contribution in [0.5, 0.6) is 5.75 Å². The zero-order valence-corrected chi connectivity index (χ0v) is 21.4. The summed E-state index contributed by atoms with van der Waals surface area (Å²) in [6.45, 7) is 8.47. The summed E-state index contributed by atoms with van der Waals surface area (Å²) in [5.74, 6) is -0.712. The molecule has 2 N–H and O–H groups in total. The maximum Gasteiger partial charge on any atom is 0.300 e. The number of Topliss-reactive ketones (excluding diaryl/α,β-unsaturated/α-hetero) is 1. The summed E-state index contributed by atoms with van der Waals surface area (Å²) < 4.78 is 5.78. The molecule has 0 saturated carbocycles. The number of aryl methyl sites for hydroxylation is 1. The van der Waals surface area contributed by atoms with Crippen LogP contribution in [-0.2, 0) is 9.59 Å². The summed E-state index contributed by atoms with van der Waals surface area (Å²) in [6.07, 6.45) is 1.81. The highest BCUT2D eigenvalue weighted by atomic mass is 16.5. The summed E-state index contributed by atoms with van der Waals surface area (Å²) in [4.78, 5) is 31.8. The van der Waals surface area contributed by atoms with Crippen molar-refractivity contribution in [1.29, 1.82) is 0 Å². The molecule has 3 aromatic carbocycles. The van der Waals surface area contributed by atoms with Gasteiger partial charge in [0.2, 0.25) is 0 Å². The number of H-pyrrole nitrogens is 1. The van der Waals surface area contributed by atoms with Crippen molar-refractivity contribution in [3.63, 3.8) is 0 Å². The van der Waals surface area contributed by atoms with Crippen LogP contribution in [0.25, 0.3) is 16.7 Å². The van der Waals surface area contributed by atoms with E-state index in [1.807, 2.05) is 94.6 Å². The number of carbonyl (C=O) groups excluding carboxylic acids is 2. The Bertz CT molecular complexity index is 1550. The first-order valence-corrected chi connectivity index (χ1v) is 12.5. The zero-order chi connectivity index (χ0) is 26.3. The Balaban J connectivity index is 1.75. The predicted molar refractivity (Wildman–Crippen MR) is 146 cm³/mol. The number of nitrogens with zero attached hydrogens (tertiary/aromatic N) is 1. The van der Waals surface area contributed by atoms with Crippen LogP contribution in [-0.4, -0.2) is 28.4 Å². The second-order valence-corrected chi connectivity index (χ2v) is 9.64. The molecule has 1 amide bonds. The van der Waals surface area contributed by atoms with Gasteiger partial charge in [-0.15, -0.1) is 0 Å². The van der Waals surface area contributed by atoms with Gasteiger partial charge in [-0.05, 0) is 67.3 Å². The maximum absolute atomic E-state index is 13.6. The number of benzene rings is 3. The summed E-state index contributed by atoms with van der Waals surface area (Å²) in [7, 11) is 0. The first-order chi connectivity index (χ1) is 17.8. The minimum absolute atomic E-state index is 0.0649. The van der Waals surface area contributed by atoms with E-state index >= 15 is 0 Å². The number of ether oxygens (including phenoxy) is 1. The lowest BCUT2D eigenvalue weighted by Gasteiger charge is -2.25. The number of carbonyl (C=O) groups is 2. The van der Waals surface area contributed by atoms with Crippen LogP contribution >= 0.6 is 0 Å². The highest BCUT2D eigenvalue weighted by Crippen LogP contribution is 2.44. The van der Waals surface area contributed by atoms with E-state index < -0.39 is 17.7 Å². The van der Waals surface area contributed by atoms with Crippen LogP contribution in [0.3, 0.4) is 0 Å². The SMILES string of the molecule is CCOc1ccc(/C(O)=C2\C(=O)C(=O)N(c3cccc(C)c3)C2c2c[nH]c3ccccc23)cc1C(C)C. The molecule has 1 aromatic heterocycles. The lowest BCUT2D eigenvalue weighted by Crippen LogP contribution is -2.29. The first kappa shape index (κ1) is 24.4. The van der Waals surface area contributed by atoms with Crippen LogP contribution in [0, 0.1) is 6.92 Å². The van der Waals surface area contributed by atoms with Gasteiger partial charge < -0.3 is 14.8 Å². The molecule has 1 atom stereocenters. The number of amides is 1. The summed E-state index contributed by atoms with van der Waals surface area (Å²) in [6, 6.07) is 19.8. The Kier molecular flexibility index (Phi) is 6.34. The lowest BCUT2D eigenvalue weighted by atomic mass is 9.93. The van der Waals surface area contributed by atoms with Crippen molar-refractivity contribution in [2.45, 2.75) is 39.7 Å². The number of aromatic amines is 1. The molecule has 1 saturated heterocycles. The van der Waals surface area contributed by atoms with Gasteiger partial charge in [-0.25, -0.2) is 0 Å². The van der Waals surface area contributed by atoms with E-state index in [4.69, 9.17) is 4.74 Å². The molecule has 0 spiro atoms. The zero-order valence-electron chi connectivity index (χ0n) is 21.4. The fourth-order valence-corrected chi connectivity index (χ4v) is 5.08. The molecule has 188 valence electrons. The predicted octanol–water partition coefficient (Wildman–Crippen LogP) is 6.62. The average Bonchev–Trinajstić information content (AvgIpc) is 3.42. The number of fused-ring (bicyclic) bond motifs is 1. The number of hydrogen-bond donors (Lipinski definition) is 2. The molecule has 5 rings (SSSR count). The molecule has 6 heteroatoms. The van der Waals surface area contributed by atoms with Crippen molar-refractivity contribution in [3.05, 3.63) is 101 Å². The molecule has 0 bridgehead atoms. The van der Waals surface area contributed by atoms with Crippen molar-refractivity contribution in [3.8, 4) is 5.75 Å². The van der Waals surface area contributed by atoms with E-state index in [2.05, 4.69) is 4.98 Å². The van der Waals surface area contributed by atoms with Crippen molar-refractivity contribution in [1.82, 2.24) is 4.98 Å². The third-order valence-corrected chi connectivity index (χ3v) is 6.85. The van der Waals surface area contributed by atoms with Gasteiger partial charge >= 0.3 is 0 Å². The molecular weight excluding hydrogens is 464 g/mol. The number of hydrogen-bond acceptors (Lipinski definition) is 4.